The number of benzene rings is 2. The summed E-state index contributed by atoms with van der Waals surface area (Å²) < 4.78 is 5.31. The van der Waals surface area contributed by atoms with Crippen LogP contribution < -0.4 is 30.7 Å². The fraction of sp³-hybridized carbons (Fsp3) is 0.462. The second kappa shape index (κ2) is 16.7. The van der Waals surface area contributed by atoms with E-state index in [1.807, 2.05) is 12.1 Å². The number of nitrogens with zero attached hydrogens (tertiary/aromatic N) is 5. The summed E-state index contributed by atoms with van der Waals surface area (Å²) in [5, 5.41) is 6.73. The van der Waals surface area contributed by atoms with Gasteiger partial charge in [0.2, 0.25) is 11.9 Å². The van der Waals surface area contributed by atoms with Crippen LogP contribution in [0.5, 0.6) is 0 Å². The number of aromatic nitrogens is 3. The first-order valence-corrected chi connectivity index (χ1v) is 19.8. The number of halogens is 1. The summed E-state index contributed by atoms with van der Waals surface area (Å²) in [6.07, 6.45) is 13.5. The van der Waals surface area contributed by atoms with E-state index in [1.54, 1.807) is 33.7 Å². The van der Waals surface area contributed by atoms with Gasteiger partial charge >= 0.3 is 6.03 Å². The summed E-state index contributed by atoms with van der Waals surface area (Å²) in [5.74, 6) is 1.03. The van der Waals surface area contributed by atoms with Crippen molar-refractivity contribution in [3.63, 3.8) is 0 Å². The summed E-state index contributed by atoms with van der Waals surface area (Å²) >= 11 is 7.95. The first kappa shape index (κ1) is 36.2. The van der Waals surface area contributed by atoms with Crippen molar-refractivity contribution in [3.05, 3.63) is 75.7 Å². The molecule has 4 heterocycles. The zero-order valence-corrected chi connectivity index (χ0v) is 31.3. The molecule has 11 nitrogen and oxygen atoms in total. The third kappa shape index (κ3) is 8.56. The Bertz CT molecular complexity index is 1960. The van der Waals surface area contributed by atoms with Crippen molar-refractivity contribution in [2.45, 2.75) is 88.5 Å². The minimum atomic E-state index is -0.344. The summed E-state index contributed by atoms with van der Waals surface area (Å²) in [6, 6.07) is 15.9. The van der Waals surface area contributed by atoms with Crippen LogP contribution >= 0.6 is 23.5 Å². The van der Waals surface area contributed by atoms with E-state index >= 15 is 0 Å². The van der Waals surface area contributed by atoms with Gasteiger partial charge in [0, 0.05) is 72.2 Å². The first-order valence-electron chi connectivity index (χ1n) is 18.6. The molecule has 3 amide bonds. The molecular weight excluding hydrogens is 696 g/mol. The topological polar surface area (TPSA) is 124 Å². The standard InChI is InChI=1S/C39H47ClN8O3S/c1-26-23-32(14-15-34(26)43-38-41-25-28-24-33(40)37(50)48(36(28)45-38)31-8-4-5-9-31)52-42-19-6-2-3-7-27-16-20-46(21-17-27)29-10-12-30(13-11-29)47-22-18-35(49)44-39(47)51/h10-15,23-25,27,31,42H,2-9,16-22H2,1H3,(H,41,43,45)(H,44,49,51). The molecule has 7 rings (SSSR count). The van der Waals surface area contributed by atoms with E-state index in [2.05, 4.69) is 62.5 Å². The molecule has 1 aliphatic carbocycles. The van der Waals surface area contributed by atoms with Crippen LogP contribution in [0.15, 0.2) is 64.4 Å². The van der Waals surface area contributed by atoms with E-state index in [0.717, 1.165) is 84.9 Å². The predicted molar refractivity (Wildman–Crippen MR) is 210 cm³/mol. The number of carbonyl (C=O) groups is 2. The molecule has 2 saturated heterocycles. The Morgan fingerprint density at radius 3 is 2.44 bits per heavy atom. The second-order valence-electron chi connectivity index (χ2n) is 14.2. The largest absolute Gasteiger partial charge is 0.372 e. The van der Waals surface area contributed by atoms with Gasteiger partial charge in [-0.2, -0.15) is 4.98 Å². The number of hydrogen-bond acceptors (Lipinski definition) is 9. The summed E-state index contributed by atoms with van der Waals surface area (Å²) in [5.41, 5.74) is 4.49. The summed E-state index contributed by atoms with van der Waals surface area (Å²) in [4.78, 5) is 51.1. The zero-order valence-electron chi connectivity index (χ0n) is 29.7. The monoisotopic (exact) mass is 742 g/mol. The number of fused-ring (bicyclic) bond motifs is 1. The molecule has 13 heteroatoms. The number of rotatable bonds is 13. The minimum absolute atomic E-state index is 0.123. The van der Waals surface area contributed by atoms with Crippen LogP contribution in [0.1, 0.15) is 82.2 Å². The lowest BCUT2D eigenvalue weighted by Gasteiger charge is -2.34. The molecule has 4 aromatic rings. The number of hydrogen-bond donors (Lipinski definition) is 3. The van der Waals surface area contributed by atoms with Gasteiger partial charge in [-0.1, -0.05) is 43.7 Å². The smallest absolute Gasteiger partial charge is 0.328 e. The molecule has 2 aliphatic heterocycles. The highest BCUT2D eigenvalue weighted by molar-refractivity contribution is 7.97. The van der Waals surface area contributed by atoms with Crippen LogP contribution in [0.4, 0.5) is 27.8 Å². The normalized spacial score (nSPS) is 17.3. The number of carbonyl (C=O) groups excluding carboxylic acids is 2. The SMILES string of the molecule is Cc1cc(SNCCCCCC2CCN(c3ccc(N4CCC(=O)NC4=O)cc3)CC2)ccc1Nc1ncc2cc(Cl)c(=O)n(C3CCCC3)c2n1. The van der Waals surface area contributed by atoms with Crippen LogP contribution in [0.3, 0.4) is 0 Å². The molecule has 0 bridgehead atoms. The van der Waals surface area contributed by atoms with Crippen molar-refractivity contribution in [3.8, 4) is 0 Å². The van der Waals surface area contributed by atoms with Crippen molar-refractivity contribution in [2.75, 3.05) is 41.3 Å². The van der Waals surface area contributed by atoms with E-state index in [4.69, 9.17) is 16.6 Å². The van der Waals surface area contributed by atoms with Gasteiger partial charge in [0.1, 0.15) is 10.7 Å². The number of urea groups is 1. The Morgan fingerprint density at radius 2 is 1.69 bits per heavy atom. The van der Waals surface area contributed by atoms with Crippen LogP contribution in [0.25, 0.3) is 11.0 Å². The lowest BCUT2D eigenvalue weighted by atomic mass is 9.91. The zero-order chi connectivity index (χ0) is 36.0. The van der Waals surface area contributed by atoms with Crippen molar-refractivity contribution < 1.29 is 9.59 Å². The molecule has 274 valence electrons. The highest BCUT2D eigenvalue weighted by Crippen LogP contribution is 2.32. The van der Waals surface area contributed by atoms with Crippen LogP contribution in [0, 0.1) is 12.8 Å². The van der Waals surface area contributed by atoms with Gasteiger partial charge in [-0.25, -0.2) is 9.78 Å². The molecule has 2 aromatic heterocycles. The van der Waals surface area contributed by atoms with Crippen molar-refractivity contribution >= 4 is 69.5 Å². The highest BCUT2D eigenvalue weighted by atomic mass is 35.5. The fourth-order valence-electron chi connectivity index (χ4n) is 7.68. The Hall–Kier alpha value is -4.13. The first-order chi connectivity index (χ1) is 25.3. The minimum Gasteiger partial charge on any atom is -0.372 e. The number of unbranched alkanes of at least 4 members (excludes halogenated alkanes) is 2. The Labute approximate surface area is 314 Å². The fourth-order valence-corrected chi connectivity index (χ4v) is 8.68. The highest BCUT2D eigenvalue weighted by Gasteiger charge is 2.25. The Morgan fingerprint density at radius 1 is 0.923 bits per heavy atom. The predicted octanol–water partition coefficient (Wildman–Crippen LogP) is 8.13. The summed E-state index contributed by atoms with van der Waals surface area (Å²) in [7, 11) is 0. The van der Waals surface area contributed by atoms with Crippen molar-refractivity contribution in [1.29, 1.82) is 0 Å². The number of nitrogens with one attached hydrogen (secondary N) is 3. The number of amides is 3. The molecule has 3 aliphatic rings. The number of pyridine rings is 1. The van der Waals surface area contributed by atoms with Gasteiger partial charge in [-0.3, -0.25) is 29.1 Å². The molecular formula is C39H47ClN8O3S. The maximum atomic E-state index is 13.0. The summed E-state index contributed by atoms with van der Waals surface area (Å²) in [6.45, 7) is 5.57. The molecule has 0 atom stereocenters. The van der Waals surface area contributed by atoms with Gasteiger partial charge in [0.05, 0.1) is 0 Å². The van der Waals surface area contributed by atoms with Crippen molar-refractivity contribution in [1.82, 2.24) is 24.6 Å². The molecule has 2 aromatic carbocycles. The third-order valence-corrected chi connectivity index (χ3v) is 11.7. The number of piperidine rings is 1. The molecule has 0 radical (unpaired) electrons. The number of aryl methyl sites for hydroxylation is 1. The van der Waals surface area contributed by atoms with Crippen molar-refractivity contribution in [2.24, 2.45) is 5.92 Å². The van der Waals surface area contributed by atoms with Gasteiger partial charge in [-0.05, 0) is 111 Å². The van der Waals surface area contributed by atoms with E-state index in [-0.39, 0.29) is 28.6 Å². The second-order valence-corrected chi connectivity index (χ2v) is 15.6. The number of imide groups is 1. The van der Waals surface area contributed by atoms with Gasteiger partial charge in [-0.15, -0.1) is 0 Å². The van der Waals surface area contributed by atoms with E-state index in [0.29, 0.717) is 24.6 Å². The van der Waals surface area contributed by atoms with E-state index in [1.165, 1.54) is 37.8 Å². The van der Waals surface area contributed by atoms with Gasteiger partial charge in [0.25, 0.3) is 5.56 Å². The molecule has 52 heavy (non-hydrogen) atoms. The number of anilines is 4. The molecule has 3 N–H and O–H groups in total. The molecule has 0 unspecified atom stereocenters. The van der Waals surface area contributed by atoms with Crippen LogP contribution in [0.2, 0.25) is 5.02 Å². The van der Waals surface area contributed by atoms with E-state index in [9.17, 15) is 14.4 Å². The van der Waals surface area contributed by atoms with Crippen LogP contribution in [-0.4, -0.2) is 52.7 Å². The molecule has 1 saturated carbocycles. The van der Waals surface area contributed by atoms with Gasteiger partial charge in [0.15, 0.2) is 0 Å². The van der Waals surface area contributed by atoms with E-state index < -0.39 is 0 Å². The average molecular weight is 743 g/mol. The Kier molecular flexibility index (Phi) is 11.6. The lowest BCUT2D eigenvalue weighted by Crippen LogP contribution is -2.49. The lowest BCUT2D eigenvalue weighted by molar-refractivity contribution is -0.120. The molecule has 0 spiro atoms. The Balaban J connectivity index is 0.806. The van der Waals surface area contributed by atoms with Gasteiger partial charge < -0.3 is 10.2 Å². The maximum absolute atomic E-state index is 13.0. The maximum Gasteiger partial charge on any atom is 0.328 e. The third-order valence-electron chi connectivity index (χ3n) is 10.6. The average Bonchev–Trinajstić information content (AvgIpc) is 3.68. The quantitative estimate of drug-likeness (QED) is 0.0920. The molecule has 3 fully saturated rings. The van der Waals surface area contributed by atoms with Crippen LogP contribution in [-0.2, 0) is 4.79 Å².